The van der Waals surface area contributed by atoms with Crippen molar-refractivity contribution in [3.05, 3.63) is 42.1 Å². The Hall–Kier alpha value is -1.55. The van der Waals surface area contributed by atoms with Gasteiger partial charge in [-0.15, -0.1) is 0 Å². The molecule has 2 aromatic heterocycles. The Balaban J connectivity index is 1.90. The Morgan fingerprint density at radius 3 is 3.07 bits per heavy atom. The minimum absolute atomic E-state index is 0.300. The molecule has 2 rings (SSSR count). The number of hydrogen-bond acceptors (Lipinski definition) is 3. The highest BCUT2D eigenvalue weighted by Gasteiger charge is 2.06. The Bertz CT molecular complexity index is 405. The van der Waals surface area contributed by atoms with Crippen LogP contribution < -0.4 is 5.32 Å². The fraction of sp³-hybridized carbons (Fsp3) is 0.364. The molecule has 4 heteroatoms. The number of nitrogens with one attached hydrogen (secondary N) is 1. The van der Waals surface area contributed by atoms with Gasteiger partial charge in [-0.2, -0.15) is 5.10 Å². The van der Waals surface area contributed by atoms with Crippen molar-refractivity contribution >= 4 is 0 Å². The number of rotatable bonds is 4. The molecule has 0 saturated carbocycles. The van der Waals surface area contributed by atoms with Crippen molar-refractivity contribution in [3.63, 3.8) is 0 Å². The largest absolute Gasteiger partial charge is 0.472 e. The zero-order chi connectivity index (χ0) is 10.7. The first-order valence-electron chi connectivity index (χ1n) is 4.98. The molecule has 0 spiro atoms. The lowest BCUT2D eigenvalue weighted by atomic mass is 10.2. The first-order valence-corrected chi connectivity index (χ1v) is 4.98. The second kappa shape index (κ2) is 4.31. The smallest absolute Gasteiger partial charge is 0.0947 e. The summed E-state index contributed by atoms with van der Waals surface area (Å²) in [6.07, 6.45) is 7.34. The third-order valence-corrected chi connectivity index (χ3v) is 2.42. The molecule has 0 aromatic carbocycles. The first-order chi connectivity index (χ1) is 7.25. The van der Waals surface area contributed by atoms with Crippen LogP contribution in [-0.2, 0) is 13.6 Å². The lowest BCUT2D eigenvalue weighted by Crippen LogP contribution is -2.17. The van der Waals surface area contributed by atoms with E-state index >= 15 is 0 Å². The van der Waals surface area contributed by atoms with Crippen molar-refractivity contribution in [1.82, 2.24) is 15.1 Å². The van der Waals surface area contributed by atoms with Crippen LogP contribution in [0.2, 0.25) is 0 Å². The van der Waals surface area contributed by atoms with Gasteiger partial charge in [-0.05, 0) is 13.0 Å². The highest BCUT2D eigenvalue weighted by molar-refractivity contribution is 5.10. The van der Waals surface area contributed by atoms with Crippen LogP contribution >= 0.6 is 0 Å². The number of hydrogen-bond donors (Lipinski definition) is 1. The molecule has 0 aliphatic carbocycles. The molecule has 2 heterocycles. The van der Waals surface area contributed by atoms with Crippen LogP contribution in [0.1, 0.15) is 24.1 Å². The summed E-state index contributed by atoms with van der Waals surface area (Å²) < 4.78 is 6.81. The maximum absolute atomic E-state index is 5.00. The molecule has 15 heavy (non-hydrogen) atoms. The molecular weight excluding hydrogens is 190 g/mol. The van der Waals surface area contributed by atoms with E-state index in [1.54, 1.807) is 12.5 Å². The summed E-state index contributed by atoms with van der Waals surface area (Å²) in [7, 11) is 1.92. The Morgan fingerprint density at radius 2 is 2.47 bits per heavy atom. The van der Waals surface area contributed by atoms with Crippen LogP contribution in [0.15, 0.2) is 35.4 Å². The monoisotopic (exact) mass is 205 g/mol. The third kappa shape index (κ3) is 2.47. The Morgan fingerprint density at radius 1 is 1.60 bits per heavy atom. The van der Waals surface area contributed by atoms with Gasteiger partial charge >= 0.3 is 0 Å². The van der Waals surface area contributed by atoms with Gasteiger partial charge in [0.05, 0.1) is 18.7 Å². The highest BCUT2D eigenvalue weighted by atomic mass is 16.3. The molecule has 0 fully saturated rings. The molecule has 0 amide bonds. The molecule has 0 saturated heterocycles. The van der Waals surface area contributed by atoms with E-state index in [0.29, 0.717) is 6.04 Å². The van der Waals surface area contributed by atoms with Gasteiger partial charge in [0.1, 0.15) is 0 Å². The van der Waals surface area contributed by atoms with E-state index in [-0.39, 0.29) is 0 Å². The van der Waals surface area contributed by atoms with Crippen molar-refractivity contribution in [2.24, 2.45) is 7.05 Å². The molecule has 0 aliphatic rings. The molecule has 2 aromatic rings. The fourth-order valence-corrected chi connectivity index (χ4v) is 1.45. The quantitative estimate of drug-likeness (QED) is 0.828. The maximum Gasteiger partial charge on any atom is 0.0947 e. The summed E-state index contributed by atoms with van der Waals surface area (Å²) in [5.41, 5.74) is 2.35. The molecule has 0 radical (unpaired) electrons. The highest BCUT2D eigenvalue weighted by Crippen LogP contribution is 2.11. The van der Waals surface area contributed by atoms with Crippen LogP contribution in [0.4, 0.5) is 0 Å². The van der Waals surface area contributed by atoms with Gasteiger partial charge in [-0.3, -0.25) is 4.68 Å². The van der Waals surface area contributed by atoms with Gasteiger partial charge < -0.3 is 9.73 Å². The summed E-state index contributed by atoms with van der Waals surface area (Å²) in [6, 6.07) is 2.26. The van der Waals surface area contributed by atoms with Gasteiger partial charge in [-0.1, -0.05) is 0 Å². The van der Waals surface area contributed by atoms with E-state index < -0.39 is 0 Å². The molecule has 4 nitrogen and oxygen atoms in total. The average molecular weight is 205 g/mol. The number of furan rings is 1. The van der Waals surface area contributed by atoms with Gasteiger partial charge in [0.25, 0.3) is 0 Å². The van der Waals surface area contributed by atoms with Gasteiger partial charge in [0, 0.05) is 37.0 Å². The lowest BCUT2D eigenvalue weighted by molar-refractivity contribution is 0.546. The van der Waals surface area contributed by atoms with Crippen molar-refractivity contribution in [2.45, 2.75) is 19.5 Å². The van der Waals surface area contributed by atoms with Crippen LogP contribution in [0.3, 0.4) is 0 Å². The molecule has 1 atom stereocenters. The molecular formula is C11H15N3O. The number of aromatic nitrogens is 2. The van der Waals surface area contributed by atoms with E-state index in [4.69, 9.17) is 4.42 Å². The van der Waals surface area contributed by atoms with Crippen molar-refractivity contribution in [1.29, 1.82) is 0 Å². The normalized spacial score (nSPS) is 12.9. The zero-order valence-corrected chi connectivity index (χ0v) is 8.97. The minimum Gasteiger partial charge on any atom is -0.472 e. The fourth-order valence-electron chi connectivity index (χ4n) is 1.45. The summed E-state index contributed by atoms with van der Waals surface area (Å²) >= 11 is 0. The summed E-state index contributed by atoms with van der Waals surface area (Å²) in [4.78, 5) is 0. The molecule has 0 aliphatic heterocycles. The van der Waals surface area contributed by atoms with Crippen LogP contribution in [0.25, 0.3) is 0 Å². The van der Waals surface area contributed by atoms with Gasteiger partial charge in [0.15, 0.2) is 0 Å². The standard InChI is InChI=1S/C11H15N3O/c1-9(11-6-13-14(2)7-11)12-5-10-3-4-15-8-10/h3-4,6-9,12H,5H2,1-2H3. The van der Waals surface area contributed by atoms with E-state index in [1.165, 1.54) is 5.56 Å². The second-order valence-electron chi connectivity index (χ2n) is 3.68. The number of aryl methyl sites for hydroxylation is 1. The molecule has 80 valence electrons. The minimum atomic E-state index is 0.300. The van der Waals surface area contributed by atoms with Crippen LogP contribution in [-0.4, -0.2) is 9.78 Å². The Kier molecular flexibility index (Phi) is 2.87. The van der Waals surface area contributed by atoms with Gasteiger partial charge in [-0.25, -0.2) is 0 Å². The topological polar surface area (TPSA) is 43.0 Å². The Labute approximate surface area is 88.9 Å². The molecule has 1 N–H and O–H groups in total. The van der Waals surface area contributed by atoms with Crippen molar-refractivity contribution in [3.8, 4) is 0 Å². The van der Waals surface area contributed by atoms with Gasteiger partial charge in [0.2, 0.25) is 0 Å². The van der Waals surface area contributed by atoms with E-state index in [2.05, 4.69) is 17.3 Å². The average Bonchev–Trinajstić information content (AvgIpc) is 2.84. The van der Waals surface area contributed by atoms with Crippen LogP contribution in [0, 0.1) is 0 Å². The third-order valence-electron chi connectivity index (χ3n) is 2.42. The first kappa shape index (κ1) is 9.98. The van der Waals surface area contributed by atoms with Crippen molar-refractivity contribution < 1.29 is 4.42 Å². The predicted molar refractivity (Wildman–Crippen MR) is 57.2 cm³/mol. The molecule has 0 bridgehead atoms. The SMILES string of the molecule is CC(NCc1ccoc1)c1cnn(C)c1. The maximum atomic E-state index is 5.00. The second-order valence-corrected chi connectivity index (χ2v) is 3.68. The summed E-state index contributed by atoms with van der Waals surface area (Å²) in [6.45, 7) is 2.93. The lowest BCUT2D eigenvalue weighted by Gasteiger charge is -2.10. The van der Waals surface area contributed by atoms with Crippen LogP contribution in [0.5, 0.6) is 0 Å². The zero-order valence-electron chi connectivity index (χ0n) is 8.97. The number of nitrogens with zero attached hydrogens (tertiary/aromatic N) is 2. The summed E-state index contributed by atoms with van der Waals surface area (Å²) in [5.74, 6) is 0. The van der Waals surface area contributed by atoms with E-state index in [0.717, 1.165) is 12.1 Å². The van der Waals surface area contributed by atoms with E-state index in [9.17, 15) is 0 Å². The molecule has 1 unspecified atom stereocenters. The summed E-state index contributed by atoms with van der Waals surface area (Å²) in [5, 5.41) is 7.54. The predicted octanol–water partition coefficient (Wildman–Crippen LogP) is 1.86. The van der Waals surface area contributed by atoms with E-state index in [1.807, 2.05) is 30.2 Å². The van der Waals surface area contributed by atoms with Crippen molar-refractivity contribution in [2.75, 3.05) is 0 Å².